The molecule has 3 heteroatoms. The molecule has 1 N–H and O–H groups in total. The van der Waals surface area contributed by atoms with Gasteiger partial charge in [-0.05, 0) is 0 Å². The molecule has 0 fully saturated rings. The third kappa shape index (κ3) is 4.42. The molecule has 0 aromatic rings. The zero-order chi connectivity index (χ0) is 4.99. The van der Waals surface area contributed by atoms with E-state index in [0.29, 0.717) is 6.16 Å². The van der Waals surface area contributed by atoms with Gasteiger partial charge in [0.15, 0.2) is 0 Å². The smallest absolute Gasteiger partial charge is 0.125 e. The molecule has 0 heterocycles. The van der Waals surface area contributed by atoms with Crippen LogP contribution >= 0.6 is 18.7 Å². The lowest BCUT2D eigenvalue weighted by Gasteiger charge is -1.88. The van der Waals surface area contributed by atoms with Crippen molar-refractivity contribution in [2.45, 2.75) is 0 Å². The van der Waals surface area contributed by atoms with Gasteiger partial charge < -0.3 is 4.89 Å². The molecule has 36 valence electrons. The van der Waals surface area contributed by atoms with Crippen molar-refractivity contribution in [2.75, 3.05) is 6.16 Å². The molecule has 0 saturated carbocycles. The number of hydrogen-bond acceptors (Lipinski definition) is 1. The van der Waals surface area contributed by atoms with Crippen LogP contribution in [0.25, 0.3) is 0 Å². The van der Waals surface area contributed by atoms with E-state index in [1.165, 1.54) is 0 Å². The van der Waals surface area contributed by atoms with Gasteiger partial charge in [-0.3, -0.25) is 0 Å². The molecule has 6 heavy (non-hydrogen) atoms. The summed E-state index contributed by atoms with van der Waals surface area (Å²) in [6, 6.07) is 0. The lowest BCUT2D eigenvalue weighted by molar-refractivity contribution is 0.643. The second kappa shape index (κ2) is 3.60. The van der Waals surface area contributed by atoms with Crippen molar-refractivity contribution in [3.63, 3.8) is 0 Å². The molecule has 0 aliphatic carbocycles. The molecule has 0 spiro atoms. The molecule has 0 saturated heterocycles. The molecule has 0 aromatic heterocycles. The van der Waals surface area contributed by atoms with E-state index in [1.807, 2.05) is 0 Å². The average molecular weight is 125 g/mol. The minimum absolute atomic E-state index is 0.525. The largest absolute Gasteiger partial charge is 0.359 e. The Morgan fingerprint density at radius 1 is 2.00 bits per heavy atom. The molecule has 1 unspecified atom stereocenters. The first-order chi connectivity index (χ1) is 2.77. The predicted octanol–water partition coefficient (Wildman–Crippen LogP) is 1.72. The fourth-order valence-corrected chi connectivity index (χ4v) is 0.612. The molecule has 1 nitrogen and oxygen atoms in total. The van der Waals surface area contributed by atoms with E-state index in [9.17, 15) is 0 Å². The van der Waals surface area contributed by atoms with E-state index in [-0.39, 0.29) is 0 Å². The standard InChI is InChI=1S/C3H6ClOP/c1-2-3-6(4)5/h2,5H,1,3H2. The van der Waals surface area contributed by atoms with Gasteiger partial charge in [-0.15, -0.1) is 6.58 Å². The summed E-state index contributed by atoms with van der Waals surface area (Å²) in [5.74, 6) is 0. The molecule has 0 amide bonds. The van der Waals surface area contributed by atoms with Crippen LogP contribution in [0.15, 0.2) is 12.7 Å². The topological polar surface area (TPSA) is 20.2 Å². The number of rotatable bonds is 2. The highest BCUT2D eigenvalue weighted by Crippen LogP contribution is 2.34. The summed E-state index contributed by atoms with van der Waals surface area (Å²) in [6.07, 6.45) is 2.12. The van der Waals surface area contributed by atoms with Crippen LogP contribution < -0.4 is 0 Å². The van der Waals surface area contributed by atoms with Crippen LogP contribution in [0.2, 0.25) is 0 Å². The van der Waals surface area contributed by atoms with Crippen molar-refractivity contribution < 1.29 is 4.89 Å². The summed E-state index contributed by atoms with van der Waals surface area (Å²) in [5.41, 5.74) is 0. The maximum absolute atomic E-state index is 8.31. The minimum Gasteiger partial charge on any atom is -0.359 e. The fourth-order valence-electron chi connectivity index (χ4n) is 0.107. The van der Waals surface area contributed by atoms with Crippen LogP contribution in [-0.4, -0.2) is 11.1 Å². The Morgan fingerprint density at radius 3 is 2.50 bits per heavy atom. The van der Waals surface area contributed by atoms with E-state index < -0.39 is 7.50 Å². The van der Waals surface area contributed by atoms with Crippen LogP contribution in [0.1, 0.15) is 0 Å². The van der Waals surface area contributed by atoms with Crippen molar-refractivity contribution in [1.29, 1.82) is 0 Å². The maximum atomic E-state index is 8.31. The molecular weight excluding hydrogens is 118 g/mol. The second-order valence-corrected chi connectivity index (χ2v) is 3.02. The van der Waals surface area contributed by atoms with Gasteiger partial charge in [0.05, 0.1) is 0 Å². The van der Waals surface area contributed by atoms with Gasteiger partial charge in [0.2, 0.25) is 0 Å². The highest BCUT2D eigenvalue weighted by Gasteiger charge is 1.88. The monoisotopic (exact) mass is 124 g/mol. The van der Waals surface area contributed by atoms with Crippen molar-refractivity contribution in [3.8, 4) is 0 Å². The third-order valence-corrected chi connectivity index (χ3v) is 1.25. The molecule has 0 aromatic carbocycles. The Hall–Kier alpha value is 0.420. The summed E-state index contributed by atoms with van der Waals surface area (Å²) in [4.78, 5) is 8.31. The van der Waals surface area contributed by atoms with Crippen LogP contribution in [0.5, 0.6) is 0 Å². The molecule has 0 aliphatic rings. The Labute approximate surface area is 43.3 Å². The first kappa shape index (κ1) is 6.42. The zero-order valence-electron chi connectivity index (χ0n) is 3.26. The van der Waals surface area contributed by atoms with Crippen LogP contribution in [-0.2, 0) is 0 Å². The Morgan fingerprint density at radius 2 is 2.50 bits per heavy atom. The van der Waals surface area contributed by atoms with Crippen molar-refractivity contribution in [2.24, 2.45) is 0 Å². The van der Waals surface area contributed by atoms with E-state index in [4.69, 9.17) is 16.1 Å². The van der Waals surface area contributed by atoms with Gasteiger partial charge in [0, 0.05) is 6.16 Å². The zero-order valence-corrected chi connectivity index (χ0v) is 4.91. The molecular formula is C3H6ClOP. The Kier molecular flexibility index (Phi) is 3.86. The van der Waals surface area contributed by atoms with Gasteiger partial charge in [0.25, 0.3) is 0 Å². The highest BCUT2D eigenvalue weighted by atomic mass is 35.7. The van der Waals surface area contributed by atoms with Crippen LogP contribution in [0, 0.1) is 0 Å². The Bertz CT molecular complexity index is 46.1. The number of hydrogen-bond donors (Lipinski definition) is 1. The van der Waals surface area contributed by atoms with E-state index in [2.05, 4.69) is 6.58 Å². The van der Waals surface area contributed by atoms with Gasteiger partial charge in [-0.1, -0.05) is 17.3 Å². The summed E-state index contributed by atoms with van der Waals surface area (Å²) in [6.45, 7) is 3.37. The summed E-state index contributed by atoms with van der Waals surface area (Å²) >= 11 is 5.13. The minimum atomic E-state index is -1.25. The van der Waals surface area contributed by atoms with Gasteiger partial charge in [0.1, 0.15) is 7.50 Å². The normalized spacial score (nSPS) is 13.7. The summed E-state index contributed by atoms with van der Waals surface area (Å²) in [5, 5.41) is 0. The molecule has 0 rings (SSSR count). The second-order valence-electron chi connectivity index (χ2n) is 0.808. The van der Waals surface area contributed by atoms with Gasteiger partial charge in [-0.2, -0.15) is 0 Å². The number of allylic oxidation sites excluding steroid dienone is 1. The maximum Gasteiger partial charge on any atom is 0.125 e. The van der Waals surface area contributed by atoms with Gasteiger partial charge in [-0.25, -0.2) is 0 Å². The SMILES string of the molecule is C=CCP(O)Cl. The van der Waals surface area contributed by atoms with Gasteiger partial charge >= 0.3 is 0 Å². The number of halogens is 1. The van der Waals surface area contributed by atoms with E-state index in [1.54, 1.807) is 6.08 Å². The first-order valence-corrected chi connectivity index (χ1v) is 3.89. The van der Waals surface area contributed by atoms with Crippen LogP contribution in [0.3, 0.4) is 0 Å². The van der Waals surface area contributed by atoms with E-state index in [0.717, 1.165) is 0 Å². The quantitative estimate of drug-likeness (QED) is 0.439. The molecule has 1 atom stereocenters. The van der Waals surface area contributed by atoms with Crippen molar-refractivity contribution in [1.82, 2.24) is 0 Å². The van der Waals surface area contributed by atoms with Crippen molar-refractivity contribution >= 4 is 18.7 Å². The highest BCUT2D eigenvalue weighted by molar-refractivity contribution is 7.79. The lowest BCUT2D eigenvalue weighted by Crippen LogP contribution is -1.63. The molecule has 0 bridgehead atoms. The fraction of sp³-hybridized carbons (Fsp3) is 0.333. The lowest BCUT2D eigenvalue weighted by atomic mass is 10.8. The average Bonchev–Trinajstić information content (AvgIpc) is 1.35. The summed E-state index contributed by atoms with van der Waals surface area (Å²) in [7, 11) is -1.25. The molecule has 0 aliphatic heterocycles. The van der Waals surface area contributed by atoms with Crippen LogP contribution in [0.4, 0.5) is 0 Å². The molecule has 0 radical (unpaired) electrons. The van der Waals surface area contributed by atoms with Crippen molar-refractivity contribution in [3.05, 3.63) is 12.7 Å². The first-order valence-electron chi connectivity index (χ1n) is 1.50. The Balaban J connectivity index is 2.81. The third-order valence-electron chi connectivity index (χ3n) is 0.280. The van der Waals surface area contributed by atoms with E-state index >= 15 is 0 Å². The summed E-state index contributed by atoms with van der Waals surface area (Å²) < 4.78 is 0. The predicted molar refractivity (Wildman–Crippen MR) is 30.1 cm³/mol.